The number of aryl methyl sites for hydroxylation is 1. The maximum atomic E-state index is 12.8. The van der Waals surface area contributed by atoms with Crippen LogP contribution in [0.5, 0.6) is 0 Å². The third-order valence-corrected chi connectivity index (χ3v) is 5.23. The molecule has 3 aromatic rings. The van der Waals surface area contributed by atoms with E-state index in [1.807, 2.05) is 24.4 Å². The number of ether oxygens (including phenoxy) is 1. The Bertz CT molecular complexity index is 961. The average molecular weight is 377 g/mol. The third kappa shape index (κ3) is 3.27. The van der Waals surface area contributed by atoms with Gasteiger partial charge >= 0.3 is 5.97 Å². The van der Waals surface area contributed by atoms with E-state index >= 15 is 0 Å². The van der Waals surface area contributed by atoms with Gasteiger partial charge in [-0.1, -0.05) is 17.7 Å². The largest absolute Gasteiger partial charge is 0.464 e. The number of hydrogen-bond donors (Lipinski definition) is 1. The minimum absolute atomic E-state index is 0.235. The Hall–Kier alpha value is -2.31. The van der Waals surface area contributed by atoms with Crippen LogP contribution in [0, 0.1) is 6.92 Å². The monoisotopic (exact) mass is 376 g/mol. The summed E-state index contributed by atoms with van der Waals surface area (Å²) in [4.78, 5) is 25.7. The molecule has 0 fully saturated rings. The van der Waals surface area contributed by atoms with Gasteiger partial charge in [-0.25, -0.2) is 4.79 Å². The summed E-state index contributed by atoms with van der Waals surface area (Å²) < 4.78 is 6.56. The van der Waals surface area contributed by atoms with E-state index in [4.69, 9.17) is 16.3 Å². The SMILES string of the molecule is COC(=O)c1cc2ccsc2n1[C@H](C)C(=O)Nc1cc(Cl)ccc1C. The number of nitrogens with one attached hydrogen (secondary N) is 1. The smallest absolute Gasteiger partial charge is 0.354 e. The highest BCUT2D eigenvalue weighted by Gasteiger charge is 2.25. The number of amides is 1. The van der Waals surface area contributed by atoms with E-state index in [0.717, 1.165) is 15.8 Å². The van der Waals surface area contributed by atoms with Crippen LogP contribution < -0.4 is 5.32 Å². The quantitative estimate of drug-likeness (QED) is 0.674. The molecule has 0 spiro atoms. The molecule has 0 unspecified atom stereocenters. The molecule has 5 nitrogen and oxygen atoms in total. The molecule has 0 aliphatic carbocycles. The van der Waals surface area contributed by atoms with Crippen molar-refractivity contribution in [1.82, 2.24) is 4.57 Å². The van der Waals surface area contributed by atoms with E-state index in [0.29, 0.717) is 16.4 Å². The van der Waals surface area contributed by atoms with Gasteiger partial charge < -0.3 is 14.6 Å². The van der Waals surface area contributed by atoms with Gasteiger partial charge in [-0.05, 0) is 49.1 Å². The summed E-state index contributed by atoms with van der Waals surface area (Å²) in [7, 11) is 1.33. The first-order valence-electron chi connectivity index (χ1n) is 7.66. The zero-order valence-electron chi connectivity index (χ0n) is 14.0. The lowest BCUT2D eigenvalue weighted by molar-refractivity contribution is -0.118. The number of thiophene rings is 1. The van der Waals surface area contributed by atoms with Crippen LogP contribution in [0.2, 0.25) is 5.02 Å². The van der Waals surface area contributed by atoms with Gasteiger partial charge in [0.15, 0.2) is 0 Å². The molecule has 2 aromatic heterocycles. The molecular formula is C18H17ClN2O3S. The van der Waals surface area contributed by atoms with Gasteiger partial charge in [0.2, 0.25) is 5.91 Å². The Morgan fingerprint density at radius 2 is 2.04 bits per heavy atom. The lowest BCUT2D eigenvalue weighted by atomic mass is 10.2. The van der Waals surface area contributed by atoms with E-state index in [2.05, 4.69) is 5.32 Å². The van der Waals surface area contributed by atoms with Gasteiger partial charge in [0.25, 0.3) is 0 Å². The van der Waals surface area contributed by atoms with Crippen molar-refractivity contribution in [3.05, 3.63) is 52.0 Å². The fraction of sp³-hybridized carbons (Fsp3) is 0.222. The van der Waals surface area contributed by atoms with Gasteiger partial charge in [-0.3, -0.25) is 4.79 Å². The first-order valence-corrected chi connectivity index (χ1v) is 8.92. The van der Waals surface area contributed by atoms with Crippen LogP contribution in [-0.2, 0) is 9.53 Å². The summed E-state index contributed by atoms with van der Waals surface area (Å²) in [6.45, 7) is 3.64. The van der Waals surface area contributed by atoms with Crippen molar-refractivity contribution < 1.29 is 14.3 Å². The molecule has 2 heterocycles. The third-order valence-electron chi connectivity index (χ3n) is 4.06. The van der Waals surface area contributed by atoms with Gasteiger partial charge in [-0.2, -0.15) is 0 Å². The Labute approximate surface area is 154 Å². The molecule has 7 heteroatoms. The second-order valence-electron chi connectivity index (χ2n) is 5.70. The number of aromatic nitrogens is 1. The Morgan fingerprint density at radius 3 is 2.76 bits per heavy atom. The zero-order valence-corrected chi connectivity index (χ0v) is 15.6. The Balaban J connectivity index is 1.97. The number of fused-ring (bicyclic) bond motifs is 1. The molecule has 1 N–H and O–H groups in total. The molecule has 3 rings (SSSR count). The molecule has 0 aliphatic rings. The summed E-state index contributed by atoms with van der Waals surface area (Å²) in [6, 6.07) is 8.38. The second kappa shape index (κ2) is 6.90. The summed E-state index contributed by atoms with van der Waals surface area (Å²) in [5, 5.41) is 6.27. The van der Waals surface area contributed by atoms with E-state index in [-0.39, 0.29) is 5.91 Å². The normalized spacial score (nSPS) is 12.2. The van der Waals surface area contributed by atoms with Crippen molar-refractivity contribution in [2.45, 2.75) is 19.9 Å². The predicted octanol–water partition coefficient (Wildman–Crippen LogP) is 4.65. The van der Waals surface area contributed by atoms with E-state index in [9.17, 15) is 9.59 Å². The molecule has 0 radical (unpaired) electrons. The van der Waals surface area contributed by atoms with Crippen molar-refractivity contribution in [3.8, 4) is 0 Å². The van der Waals surface area contributed by atoms with Crippen LogP contribution in [0.3, 0.4) is 0 Å². The average Bonchev–Trinajstić information content (AvgIpc) is 3.17. The molecule has 1 atom stereocenters. The van der Waals surface area contributed by atoms with Crippen molar-refractivity contribution >= 4 is 50.7 Å². The maximum absolute atomic E-state index is 12.8. The standard InChI is InChI=1S/C18H17ClN2O3S/c1-10-4-5-13(19)9-14(10)20-16(22)11(2)21-15(18(23)24-3)8-12-6-7-25-17(12)21/h4-9,11H,1-3H3,(H,20,22)/t11-/m1/s1. The fourth-order valence-electron chi connectivity index (χ4n) is 2.67. The number of rotatable bonds is 4. The summed E-state index contributed by atoms with van der Waals surface area (Å²) in [5.74, 6) is -0.705. The molecular weight excluding hydrogens is 360 g/mol. The first kappa shape index (κ1) is 17.5. The van der Waals surface area contributed by atoms with Crippen LogP contribution in [0.4, 0.5) is 5.69 Å². The Morgan fingerprint density at radius 1 is 1.28 bits per heavy atom. The number of anilines is 1. The molecule has 0 bridgehead atoms. The molecule has 25 heavy (non-hydrogen) atoms. The molecule has 1 aromatic carbocycles. The highest BCUT2D eigenvalue weighted by Crippen LogP contribution is 2.30. The van der Waals surface area contributed by atoms with Gasteiger partial charge in [0, 0.05) is 16.1 Å². The lowest BCUT2D eigenvalue weighted by Gasteiger charge is -2.18. The second-order valence-corrected chi connectivity index (χ2v) is 7.03. The van der Waals surface area contributed by atoms with E-state index in [1.165, 1.54) is 18.4 Å². The number of methoxy groups -OCH3 is 1. The number of esters is 1. The highest BCUT2D eigenvalue weighted by molar-refractivity contribution is 7.16. The molecule has 0 saturated heterocycles. The lowest BCUT2D eigenvalue weighted by Crippen LogP contribution is -2.26. The van der Waals surface area contributed by atoms with E-state index < -0.39 is 12.0 Å². The summed E-state index contributed by atoms with van der Waals surface area (Å²) >= 11 is 7.49. The van der Waals surface area contributed by atoms with Crippen LogP contribution in [0.25, 0.3) is 10.2 Å². The molecule has 1 amide bonds. The van der Waals surface area contributed by atoms with Crippen molar-refractivity contribution in [2.75, 3.05) is 12.4 Å². The Kier molecular flexibility index (Phi) is 4.83. The van der Waals surface area contributed by atoms with Crippen LogP contribution in [0.1, 0.15) is 29.0 Å². The highest BCUT2D eigenvalue weighted by atomic mass is 35.5. The van der Waals surface area contributed by atoms with Crippen molar-refractivity contribution in [1.29, 1.82) is 0 Å². The van der Waals surface area contributed by atoms with E-state index in [1.54, 1.807) is 29.7 Å². The van der Waals surface area contributed by atoms with Gasteiger partial charge in [-0.15, -0.1) is 11.3 Å². The molecule has 0 aliphatic heterocycles. The number of hydrogen-bond acceptors (Lipinski definition) is 4. The van der Waals surface area contributed by atoms with Gasteiger partial charge in [0.05, 0.1) is 7.11 Å². The van der Waals surface area contributed by atoms with Crippen LogP contribution in [-0.4, -0.2) is 23.6 Å². The summed E-state index contributed by atoms with van der Waals surface area (Å²) in [6.07, 6.45) is 0. The number of halogens is 1. The van der Waals surface area contributed by atoms with Crippen LogP contribution in [0.15, 0.2) is 35.7 Å². The minimum atomic E-state index is -0.594. The minimum Gasteiger partial charge on any atom is -0.464 e. The number of nitrogens with zero attached hydrogens (tertiary/aromatic N) is 1. The molecule has 130 valence electrons. The number of carbonyl (C=O) groups is 2. The number of benzene rings is 1. The fourth-order valence-corrected chi connectivity index (χ4v) is 3.82. The zero-order chi connectivity index (χ0) is 18.1. The first-order chi connectivity index (χ1) is 11.9. The van der Waals surface area contributed by atoms with Crippen molar-refractivity contribution in [3.63, 3.8) is 0 Å². The van der Waals surface area contributed by atoms with Crippen LogP contribution >= 0.6 is 22.9 Å². The summed E-state index contributed by atoms with van der Waals surface area (Å²) in [5.41, 5.74) is 1.92. The van der Waals surface area contributed by atoms with Gasteiger partial charge in [0.1, 0.15) is 16.6 Å². The number of carbonyl (C=O) groups excluding carboxylic acids is 2. The topological polar surface area (TPSA) is 60.3 Å². The predicted molar refractivity (Wildman–Crippen MR) is 101 cm³/mol. The maximum Gasteiger partial charge on any atom is 0.354 e. The molecule has 0 saturated carbocycles. The van der Waals surface area contributed by atoms with Crippen molar-refractivity contribution in [2.24, 2.45) is 0 Å².